The first-order chi connectivity index (χ1) is 7.01. The molecule has 0 unspecified atom stereocenters. The molecule has 1 aromatic carbocycles. The van der Waals surface area contributed by atoms with Crippen molar-refractivity contribution in [2.45, 2.75) is 11.8 Å². The Morgan fingerprint density at radius 1 is 1.53 bits per heavy atom. The van der Waals surface area contributed by atoms with Gasteiger partial charge in [-0.15, -0.1) is 0 Å². The molecule has 0 aromatic heterocycles. The van der Waals surface area contributed by atoms with Crippen molar-refractivity contribution in [1.82, 2.24) is 4.83 Å². The zero-order chi connectivity index (χ0) is 11.5. The van der Waals surface area contributed by atoms with Crippen LogP contribution in [-0.4, -0.2) is 15.0 Å². The quantitative estimate of drug-likeness (QED) is 0.582. The Balaban J connectivity index is 3.12. The molecule has 1 rings (SSSR count). The van der Waals surface area contributed by atoms with Crippen molar-refractivity contribution in [2.75, 3.05) is 6.61 Å². The summed E-state index contributed by atoms with van der Waals surface area (Å²) in [5.74, 6) is 4.06. The van der Waals surface area contributed by atoms with Crippen molar-refractivity contribution in [1.29, 1.82) is 0 Å². The molecule has 0 fully saturated rings. The van der Waals surface area contributed by atoms with Crippen molar-refractivity contribution < 1.29 is 17.5 Å². The van der Waals surface area contributed by atoms with E-state index in [-0.39, 0.29) is 10.6 Å². The van der Waals surface area contributed by atoms with Gasteiger partial charge >= 0.3 is 0 Å². The summed E-state index contributed by atoms with van der Waals surface area (Å²) < 4.78 is 40.5. The van der Waals surface area contributed by atoms with Crippen LogP contribution in [0.1, 0.15) is 6.92 Å². The van der Waals surface area contributed by atoms with Gasteiger partial charge in [-0.05, 0) is 25.1 Å². The predicted molar refractivity (Wildman–Crippen MR) is 52.1 cm³/mol. The first-order valence-electron chi connectivity index (χ1n) is 4.16. The van der Waals surface area contributed by atoms with E-state index in [9.17, 15) is 12.8 Å². The molecule has 0 saturated heterocycles. The summed E-state index contributed by atoms with van der Waals surface area (Å²) in [5.41, 5.74) is 0. The molecule has 1 aromatic rings. The fraction of sp³-hybridized carbons (Fsp3) is 0.250. The molecule has 3 N–H and O–H groups in total. The standard InChI is InChI=1S/C8H11FN2O3S/c1-2-14-8-4-3-6(5-7(8)9)15(12,13)11-10/h3-5,11H,2,10H2,1H3. The van der Waals surface area contributed by atoms with Crippen LogP contribution in [-0.2, 0) is 10.0 Å². The van der Waals surface area contributed by atoms with Gasteiger partial charge in [-0.1, -0.05) is 0 Å². The van der Waals surface area contributed by atoms with Gasteiger partial charge in [-0.2, -0.15) is 4.83 Å². The summed E-state index contributed by atoms with van der Waals surface area (Å²) in [4.78, 5) is 1.36. The predicted octanol–water partition coefficient (Wildman–Crippen LogP) is 0.376. The minimum atomic E-state index is -3.82. The van der Waals surface area contributed by atoms with E-state index < -0.39 is 15.8 Å². The molecule has 0 radical (unpaired) electrons. The lowest BCUT2D eigenvalue weighted by atomic mass is 10.3. The van der Waals surface area contributed by atoms with Crippen LogP contribution in [0.2, 0.25) is 0 Å². The second-order valence-electron chi connectivity index (χ2n) is 2.65. The lowest BCUT2D eigenvalue weighted by molar-refractivity contribution is 0.321. The third kappa shape index (κ3) is 2.65. The third-order valence-corrected chi connectivity index (χ3v) is 2.85. The highest BCUT2D eigenvalue weighted by Gasteiger charge is 2.14. The van der Waals surface area contributed by atoms with Crippen LogP contribution in [0.3, 0.4) is 0 Å². The number of benzene rings is 1. The smallest absolute Gasteiger partial charge is 0.253 e. The van der Waals surface area contributed by atoms with Crippen molar-refractivity contribution in [3.05, 3.63) is 24.0 Å². The van der Waals surface area contributed by atoms with Crippen LogP contribution >= 0.6 is 0 Å². The molecule has 0 saturated carbocycles. The van der Waals surface area contributed by atoms with Crippen LogP contribution in [0, 0.1) is 5.82 Å². The average Bonchev–Trinajstić information content (AvgIpc) is 2.21. The van der Waals surface area contributed by atoms with Crippen molar-refractivity contribution >= 4 is 10.0 Å². The van der Waals surface area contributed by atoms with Gasteiger partial charge < -0.3 is 4.74 Å². The van der Waals surface area contributed by atoms with Crippen molar-refractivity contribution in [2.24, 2.45) is 5.84 Å². The van der Waals surface area contributed by atoms with Crippen LogP contribution in [0.15, 0.2) is 23.1 Å². The van der Waals surface area contributed by atoms with Gasteiger partial charge in [0.25, 0.3) is 10.0 Å². The van der Waals surface area contributed by atoms with Gasteiger partial charge in [0, 0.05) is 0 Å². The molecule has 0 aliphatic heterocycles. The molecular formula is C8H11FN2O3S. The molecule has 0 bridgehead atoms. The first-order valence-corrected chi connectivity index (χ1v) is 5.64. The van der Waals surface area contributed by atoms with Gasteiger partial charge in [0.2, 0.25) is 0 Å². The topological polar surface area (TPSA) is 81.4 Å². The minimum absolute atomic E-state index is 0.00784. The molecule has 0 atom stereocenters. The molecule has 7 heteroatoms. The Morgan fingerprint density at radius 3 is 2.67 bits per heavy atom. The van der Waals surface area contributed by atoms with Crippen LogP contribution < -0.4 is 15.4 Å². The summed E-state index contributed by atoms with van der Waals surface area (Å²) in [6, 6.07) is 3.30. The van der Waals surface area contributed by atoms with Gasteiger partial charge in [0.1, 0.15) is 0 Å². The molecule has 0 aliphatic rings. The van der Waals surface area contributed by atoms with Crippen molar-refractivity contribution in [3.63, 3.8) is 0 Å². The Kier molecular flexibility index (Phi) is 3.61. The number of sulfonamides is 1. The monoisotopic (exact) mass is 234 g/mol. The van der Waals surface area contributed by atoms with E-state index in [0.717, 1.165) is 6.07 Å². The van der Waals surface area contributed by atoms with E-state index in [1.807, 2.05) is 0 Å². The van der Waals surface area contributed by atoms with Gasteiger partial charge in [-0.3, -0.25) is 5.84 Å². The molecule has 5 nitrogen and oxygen atoms in total. The Bertz CT molecular complexity index is 447. The van der Waals surface area contributed by atoms with Crippen LogP contribution in [0.5, 0.6) is 5.75 Å². The third-order valence-electron chi connectivity index (χ3n) is 1.67. The number of hydrazine groups is 1. The number of nitrogens with one attached hydrogen (secondary N) is 1. The molecule has 0 spiro atoms. The Labute approximate surface area is 87.1 Å². The molecule has 0 aliphatic carbocycles. The maximum absolute atomic E-state index is 13.2. The largest absolute Gasteiger partial charge is 0.491 e. The van der Waals surface area contributed by atoms with Gasteiger partial charge in [0.05, 0.1) is 11.5 Å². The highest BCUT2D eigenvalue weighted by atomic mass is 32.2. The van der Waals surface area contributed by atoms with E-state index in [1.165, 1.54) is 12.1 Å². The van der Waals surface area contributed by atoms with Crippen LogP contribution in [0.4, 0.5) is 4.39 Å². The van der Waals surface area contributed by atoms with E-state index in [4.69, 9.17) is 10.6 Å². The maximum Gasteiger partial charge on any atom is 0.253 e. The second-order valence-corrected chi connectivity index (χ2v) is 4.36. The summed E-state index contributed by atoms with van der Waals surface area (Å²) >= 11 is 0. The number of nitrogens with two attached hydrogens (primary N) is 1. The normalized spacial score (nSPS) is 11.4. The summed E-state index contributed by atoms with van der Waals surface area (Å²) in [5, 5.41) is 0. The molecule has 15 heavy (non-hydrogen) atoms. The summed E-state index contributed by atoms with van der Waals surface area (Å²) in [6.07, 6.45) is 0. The second kappa shape index (κ2) is 4.56. The fourth-order valence-corrected chi connectivity index (χ4v) is 1.63. The lowest BCUT2D eigenvalue weighted by Gasteiger charge is -2.06. The molecular weight excluding hydrogens is 223 g/mol. The first kappa shape index (κ1) is 11.9. The maximum atomic E-state index is 13.2. The molecule has 0 heterocycles. The molecule has 0 amide bonds. The highest BCUT2D eigenvalue weighted by Crippen LogP contribution is 2.20. The average molecular weight is 234 g/mol. The van der Waals surface area contributed by atoms with E-state index >= 15 is 0 Å². The van der Waals surface area contributed by atoms with Crippen molar-refractivity contribution in [3.8, 4) is 5.75 Å². The lowest BCUT2D eigenvalue weighted by Crippen LogP contribution is -2.30. The minimum Gasteiger partial charge on any atom is -0.491 e. The van der Waals surface area contributed by atoms with Gasteiger partial charge in [-0.25, -0.2) is 12.8 Å². The zero-order valence-electron chi connectivity index (χ0n) is 8.03. The summed E-state index contributed by atoms with van der Waals surface area (Å²) in [7, 11) is -3.82. The zero-order valence-corrected chi connectivity index (χ0v) is 8.84. The van der Waals surface area contributed by atoms with E-state index in [0.29, 0.717) is 6.61 Å². The number of hydrogen-bond acceptors (Lipinski definition) is 4. The van der Waals surface area contributed by atoms with E-state index in [1.54, 1.807) is 11.8 Å². The number of ether oxygens (including phenoxy) is 1. The Morgan fingerprint density at radius 2 is 2.20 bits per heavy atom. The fourth-order valence-electron chi connectivity index (χ4n) is 0.989. The Hall–Kier alpha value is -1.18. The van der Waals surface area contributed by atoms with Crippen LogP contribution in [0.25, 0.3) is 0 Å². The number of hydrogen-bond donors (Lipinski definition) is 2. The summed E-state index contributed by atoms with van der Waals surface area (Å²) in [6.45, 7) is 2.00. The molecule has 84 valence electrons. The van der Waals surface area contributed by atoms with Gasteiger partial charge in [0.15, 0.2) is 11.6 Å². The number of halogens is 1. The number of rotatable bonds is 4. The highest BCUT2D eigenvalue weighted by molar-refractivity contribution is 7.89. The SMILES string of the molecule is CCOc1ccc(S(=O)(=O)NN)cc1F. The van der Waals surface area contributed by atoms with E-state index in [2.05, 4.69) is 0 Å².